The first-order chi connectivity index (χ1) is 8.65. The van der Waals surface area contributed by atoms with Gasteiger partial charge in [-0.25, -0.2) is 14.2 Å². The van der Waals surface area contributed by atoms with Crippen molar-refractivity contribution < 1.29 is 19.0 Å². The van der Waals surface area contributed by atoms with E-state index in [0.29, 0.717) is 5.69 Å². The smallest absolute Gasteiger partial charge is 0.253 e. The molecule has 3 N–H and O–H groups in total. The van der Waals surface area contributed by atoms with Gasteiger partial charge in [-0.05, 0) is 31.0 Å². The van der Waals surface area contributed by atoms with Crippen LogP contribution in [0.2, 0.25) is 0 Å². The van der Waals surface area contributed by atoms with E-state index in [0.717, 1.165) is 32.1 Å². The maximum Gasteiger partial charge on any atom is 0.253 e. The summed E-state index contributed by atoms with van der Waals surface area (Å²) in [4.78, 5) is 20.1. The van der Waals surface area contributed by atoms with Crippen LogP contribution in [0.4, 0.5) is 10.1 Å². The molecule has 1 aromatic rings. The van der Waals surface area contributed by atoms with Gasteiger partial charge in [-0.2, -0.15) is 0 Å². The summed E-state index contributed by atoms with van der Waals surface area (Å²) < 4.78 is 12.9. The van der Waals surface area contributed by atoms with Gasteiger partial charge in [0, 0.05) is 12.7 Å². The summed E-state index contributed by atoms with van der Waals surface area (Å²) in [5, 5.41) is 2.32. The van der Waals surface area contributed by atoms with Gasteiger partial charge in [-0.1, -0.05) is 0 Å². The van der Waals surface area contributed by atoms with Gasteiger partial charge in [-0.15, -0.1) is 0 Å². The summed E-state index contributed by atoms with van der Waals surface area (Å²) in [6, 6.07) is 3.95. The molecule has 1 aliphatic heterocycles. The SMILES string of the molecule is C1CCOOC1.CNC(=O)c1ccc(N)cc1F. The summed E-state index contributed by atoms with van der Waals surface area (Å²) in [5.74, 6) is -1.05. The third-order valence-corrected chi connectivity index (χ3v) is 2.25. The van der Waals surface area contributed by atoms with Gasteiger partial charge >= 0.3 is 0 Å². The van der Waals surface area contributed by atoms with Crippen molar-refractivity contribution in [3.63, 3.8) is 0 Å². The van der Waals surface area contributed by atoms with Crippen LogP contribution in [0.15, 0.2) is 18.2 Å². The fourth-order valence-electron chi connectivity index (χ4n) is 1.29. The first-order valence-electron chi connectivity index (χ1n) is 5.66. The van der Waals surface area contributed by atoms with Crippen molar-refractivity contribution >= 4 is 11.6 Å². The number of nitrogen functional groups attached to an aromatic ring is 1. The van der Waals surface area contributed by atoms with Crippen molar-refractivity contribution in [3.8, 4) is 0 Å². The van der Waals surface area contributed by atoms with E-state index in [1.807, 2.05) is 0 Å². The van der Waals surface area contributed by atoms with E-state index in [-0.39, 0.29) is 5.56 Å². The maximum atomic E-state index is 12.9. The molecule has 1 saturated heterocycles. The van der Waals surface area contributed by atoms with E-state index in [4.69, 9.17) is 5.73 Å². The number of carbonyl (C=O) groups is 1. The van der Waals surface area contributed by atoms with Gasteiger partial charge in [0.15, 0.2) is 0 Å². The first-order valence-corrected chi connectivity index (χ1v) is 5.66. The van der Waals surface area contributed by atoms with Crippen LogP contribution in [0, 0.1) is 5.82 Å². The van der Waals surface area contributed by atoms with E-state index in [9.17, 15) is 9.18 Å². The number of carbonyl (C=O) groups excluding carboxylic acids is 1. The van der Waals surface area contributed by atoms with Crippen LogP contribution in [-0.2, 0) is 9.78 Å². The molecule has 0 bridgehead atoms. The molecule has 1 aliphatic rings. The summed E-state index contributed by atoms with van der Waals surface area (Å²) in [7, 11) is 1.44. The van der Waals surface area contributed by atoms with Gasteiger partial charge in [-0.3, -0.25) is 4.79 Å². The summed E-state index contributed by atoms with van der Waals surface area (Å²) in [6.45, 7) is 1.56. The number of amides is 1. The lowest BCUT2D eigenvalue weighted by Crippen LogP contribution is -2.19. The lowest BCUT2D eigenvalue weighted by Gasteiger charge is -2.07. The maximum absolute atomic E-state index is 12.9. The molecule has 6 heteroatoms. The number of nitrogens with one attached hydrogen (secondary N) is 1. The largest absolute Gasteiger partial charge is 0.399 e. The molecule has 100 valence electrons. The van der Waals surface area contributed by atoms with Gasteiger partial charge in [0.2, 0.25) is 0 Å². The number of benzene rings is 1. The average molecular weight is 256 g/mol. The highest BCUT2D eigenvalue weighted by molar-refractivity contribution is 5.94. The van der Waals surface area contributed by atoms with Crippen LogP contribution in [0.3, 0.4) is 0 Å². The Labute approximate surface area is 105 Å². The Kier molecular flexibility index (Phi) is 6.10. The molecular weight excluding hydrogens is 239 g/mol. The lowest BCUT2D eigenvalue weighted by atomic mass is 10.2. The first kappa shape index (κ1) is 14.4. The van der Waals surface area contributed by atoms with Crippen molar-refractivity contribution in [2.24, 2.45) is 0 Å². The Morgan fingerprint density at radius 1 is 1.33 bits per heavy atom. The van der Waals surface area contributed by atoms with E-state index >= 15 is 0 Å². The van der Waals surface area contributed by atoms with Crippen LogP contribution in [0.5, 0.6) is 0 Å². The number of hydrogen-bond acceptors (Lipinski definition) is 4. The second-order valence-corrected chi connectivity index (χ2v) is 3.67. The highest BCUT2D eigenvalue weighted by Crippen LogP contribution is 2.11. The minimum Gasteiger partial charge on any atom is -0.399 e. The Morgan fingerprint density at radius 3 is 2.33 bits per heavy atom. The Balaban J connectivity index is 0.000000225. The predicted molar refractivity (Wildman–Crippen MR) is 65.3 cm³/mol. The Morgan fingerprint density at radius 2 is 1.94 bits per heavy atom. The molecule has 0 unspecified atom stereocenters. The molecule has 2 rings (SSSR count). The quantitative estimate of drug-likeness (QED) is 0.590. The van der Waals surface area contributed by atoms with Crippen LogP contribution in [-0.4, -0.2) is 26.2 Å². The molecule has 0 spiro atoms. The summed E-state index contributed by atoms with van der Waals surface area (Å²) in [6.07, 6.45) is 2.31. The number of anilines is 1. The molecule has 1 aromatic carbocycles. The Hall–Kier alpha value is -1.66. The van der Waals surface area contributed by atoms with Crippen LogP contribution < -0.4 is 11.1 Å². The number of rotatable bonds is 1. The number of nitrogens with two attached hydrogens (primary N) is 1. The summed E-state index contributed by atoms with van der Waals surface area (Å²) in [5.41, 5.74) is 5.61. The van der Waals surface area contributed by atoms with Crippen LogP contribution in [0.25, 0.3) is 0 Å². The average Bonchev–Trinajstić information content (AvgIpc) is 2.41. The Bertz CT molecular complexity index is 383. The van der Waals surface area contributed by atoms with E-state index < -0.39 is 11.7 Å². The summed E-state index contributed by atoms with van der Waals surface area (Å²) >= 11 is 0. The predicted octanol–water partition coefficient (Wildman–Crippen LogP) is 1.50. The molecule has 1 heterocycles. The van der Waals surface area contributed by atoms with Gasteiger partial charge in [0.05, 0.1) is 18.8 Å². The number of hydrogen-bond donors (Lipinski definition) is 2. The zero-order chi connectivity index (χ0) is 13.4. The van der Waals surface area contributed by atoms with Crippen molar-refractivity contribution in [1.82, 2.24) is 5.32 Å². The molecule has 0 aromatic heterocycles. The molecule has 5 nitrogen and oxygen atoms in total. The molecule has 1 amide bonds. The molecular formula is C12H17FN2O3. The van der Waals surface area contributed by atoms with Crippen LogP contribution in [0.1, 0.15) is 23.2 Å². The molecule has 0 atom stereocenters. The van der Waals surface area contributed by atoms with Crippen LogP contribution >= 0.6 is 0 Å². The standard InChI is InChI=1S/C8H9FN2O.C4H8O2/c1-11-8(12)6-3-2-5(10)4-7(6)9;1-2-4-6-5-3-1/h2-4H,10H2,1H3,(H,11,12);1-4H2. The normalized spacial score (nSPS) is 14.3. The highest BCUT2D eigenvalue weighted by atomic mass is 19.1. The van der Waals surface area contributed by atoms with E-state index in [1.54, 1.807) is 0 Å². The van der Waals surface area contributed by atoms with Crippen molar-refractivity contribution in [3.05, 3.63) is 29.6 Å². The van der Waals surface area contributed by atoms with Crippen molar-refractivity contribution in [2.75, 3.05) is 26.0 Å². The monoisotopic (exact) mass is 256 g/mol. The zero-order valence-corrected chi connectivity index (χ0v) is 10.2. The molecule has 0 aliphatic carbocycles. The van der Waals surface area contributed by atoms with Crippen molar-refractivity contribution in [1.29, 1.82) is 0 Å². The third kappa shape index (κ3) is 4.68. The lowest BCUT2D eigenvalue weighted by molar-refractivity contribution is -0.312. The van der Waals surface area contributed by atoms with Crippen molar-refractivity contribution in [2.45, 2.75) is 12.8 Å². The van der Waals surface area contributed by atoms with E-state index in [2.05, 4.69) is 15.1 Å². The molecule has 18 heavy (non-hydrogen) atoms. The second-order valence-electron chi connectivity index (χ2n) is 3.67. The second kappa shape index (κ2) is 7.62. The minimum absolute atomic E-state index is 0.00620. The minimum atomic E-state index is -0.602. The molecule has 1 fully saturated rings. The fraction of sp³-hybridized carbons (Fsp3) is 0.417. The van der Waals surface area contributed by atoms with E-state index in [1.165, 1.54) is 19.2 Å². The third-order valence-electron chi connectivity index (χ3n) is 2.25. The highest BCUT2D eigenvalue weighted by Gasteiger charge is 2.08. The number of halogens is 1. The van der Waals surface area contributed by atoms with Gasteiger partial charge < -0.3 is 11.1 Å². The topological polar surface area (TPSA) is 73.6 Å². The fourth-order valence-corrected chi connectivity index (χ4v) is 1.29. The molecule has 0 radical (unpaired) electrons. The van der Waals surface area contributed by atoms with Gasteiger partial charge in [0.1, 0.15) is 5.82 Å². The zero-order valence-electron chi connectivity index (χ0n) is 10.2. The van der Waals surface area contributed by atoms with Gasteiger partial charge in [0.25, 0.3) is 5.91 Å². The molecule has 0 saturated carbocycles.